The van der Waals surface area contributed by atoms with Crippen molar-refractivity contribution in [2.24, 2.45) is 5.92 Å². The molecule has 0 aromatic rings. The Morgan fingerprint density at radius 3 is 2.12 bits per heavy atom. The fraction of sp³-hybridized carbons (Fsp3) is 0.700. The average Bonchev–Trinajstić information content (AvgIpc) is 2.15. The molecule has 6 nitrogen and oxygen atoms in total. The van der Waals surface area contributed by atoms with Crippen LogP contribution >= 0.6 is 0 Å². The van der Waals surface area contributed by atoms with Crippen molar-refractivity contribution in [2.75, 3.05) is 0 Å². The fourth-order valence-electron chi connectivity index (χ4n) is 1.09. The van der Waals surface area contributed by atoms with E-state index in [1.54, 1.807) is 0 Å². The van der Waals surface area contributed by atoms with Crippen molar-refractivity contribution in [2.45, 2.75) is 39.2 Å². The Morgan fingerprint density at radius 1 is 1.19 bits per heavy atom. The number of hydrogen-bond donors (Lipinski definition) is 3. The first kappa shape index (κ1) is 14.4. The zero-order valence-corrected chi connectivity index (χ0v) is 9.40. The molecule has 0 aromatic carbocycles. The van der Waals surface area contributed by atoms with Crippen LogP contribution in [0.15, 0.2) is 0 Å². The second-order valence-electron chi connectivity index (χ2n) is 3.77. The SMILES string of the molecule is CCC(C)CC(=O)N[C@H](CC(=O)O)C(=O)O. The molecule has 0 spiro atoms. The summed E-state index contributed by atoms with van der Waals surface area (Å²) in [4.78, 5) is 32.3. The molecule has 0 saturated carbocycles. The summed E-state index contributed by atoms with van der Waals surface area (Å²) in [5, 5.41) is 19.3. The predicted molar refractivity (Wildman–Crippen MR) is 55.9 cm³/mol. The van der Waals surface area contributed by atoms with Crippen LogP contribution in [0.25, 0.3) is 0 Å². The van der Waals surface area contributed by atoms with Crippen molar-refractivity contribution in [1.82, 2.24) is 5.32 Å². The lowest BCUT2D eigenvalue weighted by atomic mass is 10.0. The standard InChI is InChI=1S/C10H17NO5/c1-3-6(2)4-8(12)11-7(10(15)16)5-9(13)14/h6-7H,3-5H2,1-2H3,(H,11,12)(H,13,14)(H,15,16)/t6?,7-/m1/s1. The molecule has 6 heteroatoms. The molecule has 0 saturated heterocycles. The van der Waals surface area contributed by atoms with Gasteiger partial charge in [-0.3, -0.25) is 9.59 Å². The molecule has 0 bridgehead atoms. The zero-order chi connectivity index (χ0) is 12.7. The van der Waals surface area contributed by atoms with Gasteiger partial charge in [0.25, 0.3) is 0 Å². The molecule has 92 valence electrons. The largest absolute Gasteiger partial charge is 0.481 e. The van der Waals surface area contributed by atoms with E-state index in [1.165, 1.54) is 0 Å². The fourth-order valence-corrected chi connectivity index (χ4v) is 1.09. The molecule has 0 aromatic heterocycles. The van der Waals surface area contributed by atoms with Gasteiger partial charge in [0.1, 0.15) is 6.04 Å². The molecule has 3 N–H and O–H groups in total. The van der Waals surface area contributed by atoms with Crippen LogP contribution in [0.2, 0.25) is 0 Å². The number of carboxylic acid groups (broad SMARTS) is 2. The Hall–Kier alpha value is -1.59. The van der Waals surface area contributed by atoms with Crippen LogP contribution in [0.3, 0.4) is 0 Å². The Morgan fingerprint density at radius 2 is 1.75 bits per heavy atom. The van der Waals surface area contributed by atoms with Crippen LogP contribution in [-0.4, -0.2) is 34.1 Å². The second-order valence-corrected chi connectivity index (χ2v) is 3.77. The molecular weight excluding hydrogens is 214 g/mol. The Balaban J connectivity index is 4.24. The van der Waals surface area contributed by atoms with Gasteiger partial charge in [0, 0.05) is 6.42 Å². The summed E-state index contributed by atoms with van der Waals surface area (Å²) in [5.41, 5.74) is 0. The highest BCUT2D eigenvalue weighted by atomic mass is 16.4. The summed E-state index contributed by atoms with van der Waals surface area (Å²) in [5.74, 6) is -2.86. The van der Waals surface area contributed by atoms with Gasteiger partial charge in [-0.1, -0.05) is 20.3 Å². The van der Waals surface area contributed by atoms with Crippen LogP contribution in [0.1, 0.15) is 33.1 Å². The normalized spacial score (nSPS) is 13.9. The monoisotopic (exact) mass is 231 g/mol. The van der Waals surface area contributed by atoms with E-state index in [1.807, 2.05) is 13.8 Å². The van der Waals surface area contributed by atoms with E-state index in [0.717, 1.165) is 6.42 Å². The number of carboxylic acids is 2. The molecule has 0 aliphatic heterocycles. The number of carbonyl (C=O) groups is 3. The van der Waals surface area contributed by atoms with Gasteiger partial charge in [-0.15, -0.1) is 0 Å². The molecule has 0 aliphatic rings. The molecular formula is C10H17NO5. The third-order valence-corrected chi connectivity index (χ3v) is 2.24. The lowest BCUT2D eigenvalue weighted by molar-refractivity contribution is -0.147. The molecule has 0 aliphatic carbocycles. The van der Waals surface area contributed by atoms with Crippen LogP contribution in [0.4, 0.5) is 0 Å². The van der Waals surface area contributed by atoms with E-state index in [4.69, 9.17) is 10.2 Å². The first-order chi connectivity index (χ1) is 7.36. The van der Waals surface area contributed by atoms with Gasteiger partial charge in [0.05, 0.1) is 6.42 Å². The molecule has 1 unspecified atom stereocenters. The first-order valence-electron chi connectivity index (χ1n) is 5.10. The van der Waals surface area contributed by atoms with E-state index in [2.05, 4.69) is 5.32 Å². The van der Waals surface area contributed by atoms with Gasteiger partial charge in [0.15, 0.2) is 0 Å². The summed E-state index contributed by atoms with van der Waals surface area (Å²) in [6, 6.07) is -1.35. The van der Waals surface area contributed by atoms with Crippen molar-refractivity contribution in [3.8, 4) is 0 Å². The maximum Gasteiger partial charge on any atom is 0.326 e. The minimum Gasteiger partial charge on any atom is -0.481 e. The molecule has 16 heavy (non-hydrogen) atoms. The highest BCUT2D eigenvalue weighted by Crippen LogP contribution is 2.06. The number of aliphatic carboxylic acids is 2. The summed E-state index contributed by atoms with van der Waals surface area (Å²) < 4.78 is 0. The first-order valence-corrected chi connectivity index (χ1v) is 5.10. The van der Waals surface area contributed by atoms with Crippen LogP contribution in [0, 0.1) is 5.92 Å². The number of amides is 1. The number of nitrogens with one attached hydrogen (secondary N) is 1. The quantitative estimate of drug-likeness (QED) is 0.590. The van der Waals surface area contributed by atoms with E-state index in [9.17, 15) is 14.4 Å². The Labute approximate surface area is 93.6 Å². The minimum absolute atomic E-state index is 0.152. The number of hydrogen-bond acceptors (Lipinski definition) is 3. The maximum absolute atomic E-state index is 11.3. The Bertz CT molecular complexity index is 276. The van der Waals surface area contributed by atoms with Gasteiger partial charge in [-0.2, -0.15) is 0 Å². The van der Waals surface area contributed by atoms with Gasteiger partial charge in [0.2, 0.25) is 5.91 Å². The summed E-state index contributed by atoms with van der Waals surface area (Å²) in [6.07, 6.45) is 0.408. The van der Waals surface area contributed by atoms with E-state index < -0.39 is 30.3 Å². The molecule has 2 atom stereocenters. The van der Waals surface area contributed by atoms with Crippen LogP contribution < -0.4 is 5.32 Å². The lowest BCUT2D eigenvalue weighted by Gasteiger charge is -2.14. The number of rotatable bonds is 7. The Kier molecular flexibility index (Phi) is 6.14. The molecule has 0 rings (SSSR count). The predicted octanol–water partition coefficient (Wildman–Crippen LogP) is 0.467. The zero-order valence-electron chi connectivity index (χ0n) is 9.40. The molecule has 0 fully saturated rings. The maximum atomic E-state index is 11.3. The van der Waals surface area contributed by atoms with Crippen molar-refractivity contribution in [3.63, 3.8) is 0 Å². The van der Waals surface area contributed by atoms with Gasteiger partial charge in [-0.25, -0.2) is 4.79 Å². The third-order valence-electron chi connectivity index (χ3n) is 2.24. The molecule has 0 radical (unpaired) electrons. The van der Waals surface area contributed by atoms with Crippen molar-refractivity contribution < 1.29 is 24.6 Å². The van der Waals surface area contributed by atoms with Crippen molar-refractivity contribution >= 4 is 17.8 Å². The molecule has 0 heterocycles. The third kappa shape index (κ3) is 6.00. The van der Waals surface area contributed by atoms with Gasteiger partial charge in [-0.05, 0) is 5.92 Å². The lowest BCUT2D eigenvalue weighted by Crippen LogP contribution is -2.42. The van der Waals surface area contributed by atoms with E-state index in [0.29, 0.717) is 0 Å². The summed E-state index contributed by atoms with van der Waals surface area (Å²) in [6.45, 7) is 3.79. The smallest absolute Gasteiger partial charge is 0.326 e. The highest BCUT2D eigenvalue weighted by Gasteiger charge is 2.23. The highest BCUT2D eigenvalue weighted by molar-refractivity contribution is 5.86. The minimum atomic E-state index is -1.35. The second kappa shape index (κ2) is 6.81. The van der Waals surface area contributed by atoms with Crippen molar-refractivity contribution in [3.05, 3.63) is 0 Å². The van der Waals surface area contributed by atoms with Crippen LogP contribution in [-0.2, 0) is 14.4 Å². The van der Waals surface area contributed by atoms with Crippen LogP contribution in [0.5, 0.6) is 0 Å². The summed E-state index contributed by atoms with van der Waals surface area (Å²) >= 11 is 0. The van der Waals surface area contributed by atoms with E-state index in [-0.39, 0.29) is 12.3 Å². The van der Waals surface area contributed by atoms with Crippen molar-refractivity contribution in [1.29, 1.82) is 0 Å². The molecule has 1 amide bonds. The average molecular weight is 231 g/mol. The topological polar surface area (TPSA) is 104 Å². The van der Waals surface area contributed by atoms with Gasteiger partial charge < -0.3 is 15.5 Å². The van der Waals surface area contributed by atoms with E-state index >= 15 is 0 Å². The summed E-state index contributed by atoms with van der Waals surface area (Å²) in [7, 11) is 0. The van der Waals surface area contributed by atoms with Gasteiger partial charge >= 0.3 is 11.9 Å². The number of carbonyl (C=O) groups excluding carboxylic acids is 1.